The third kappa shape index (κ3) is 6.29. The van der Waals surface area contributed by atoms with Crippen LogP contribution in [0.4, 0.5) is 0 Å². The van der Waals surface area contributed by atoms with Gasteiger partial charge in [-0.25, -0.2) is 0 Å². The van der Waals surface area contributed by atoms with Crippen molar-refractivity contribution in [3.8, 4) is 0 Å². The zero-order valence-electron chi connectivity index (χ0n) is 13.1. The van der Waals surface area contributed by atoms with E-state index in [1.54, 1.807) is 0 Å². The number of rotatable bonds is 10. The van der Waals surface area contributed by atoms with Crippen molar-refractivity contribution in [2.45, 2.75) is 51.3 Å². The van der Waals surface area contributed by atoms with E-state index >= 15 is 0 Å². The second-order valence-corrected chi connectivity index (χ2v) is 6.79. The van der Waals surface area contributed by atoms with Gasteiger partial charge < -0.3 is 10.4 Å². The number of likely N-dealkylation sites (N-methyl/N-ethyl adjacent to an activating group) is 1. The van der Waals surface area contributed by atoms with Crippen molar-refractivity contribution in [1.29, 1.82) is 0 Å². The zero-order valence-corrected chi connectivity index (χ0v) is 13.9. The SMILES string of the molecule is CCNC(C)(CO)CCCCSCc1ccccc1C. The quantitative estimate of drug-likeness (QED) is 0.645. The fourth-order valence-corrected chi connectivity index (χ4v) is 3.42. The lowest BCUT2D eigenvalue weighted by Gasteiger charge is -2.28. The fraction of sp³-hybridized carbons (Fsp3) is 0.647. The lowest BCUT2D eigenvalue weighted by Crippen LogP contribution is -2.45. The van der Waals surface area contributed by atoms with Gasteiger partial charge in [0.05, 0.1) is 6.61 Å². The van der Waals surface area contributed by atoms with Crippen LogP contribution in [-0.2, 0) is 5.75 Å². The molecule has 0 saturated carbocycles. The van der Waals surface area contributed by atoms with E-state index in [0.29, 0.717) is 0 Å². The molecule has 0 heterocycles. The fourth-order valence-electron chi connectivity index (χ4n) is 2.32. The van der Waals surface area contributed by atoms with Crippen molar-refractivity contribution in [3.05, 3.63) is 35.4 Å². The maximum absolute atomic E-state index is 9.43. The molecule has 0 aliphatic carbocycles. The van der Waals surface area contributed by atoms with Gasteiger partial charge in [0.15, 0.2) is 0 Å². The first kappa shape index (κ1) is 17.5. The van der Waals surface area contributed by atoms with Crippen LogP contribution in [0.3, 0.4) is 0 Å². The highest BCUT2D eigenvalue weighted by molar-refractivity contribution is 7.98. The highest BCUT2D eigenvalue weighted by atomic mass is 32.2. The number of hydrogen-bond acceptors (Lipinski definition) is 3. The number of benzene rings is 1. The first-order valence-corrected chi connectivity index (χ1v) is 8.75. The minimum Gasteiger partial charge on any atom is -0.394 e. The number of unbranched alkanes of at least 4 members (excludes halogenated alkanes) is 1. The third-order valence-electron chi connectivity index (χ3n) is 3.74. The summed E-state index contributed by atoms with van der Waals surface area (Å²) in [6, 6.07) is 8.61. The molecule has 114 valence electrons. The Morgan fingerprint density at radius 3 is 2.65 bits per heavy atom. The van der Waals surface area contributed by atoms with Gasteiger partial charge in [-0.1, -0.05) is 37.6 Å². The van der Waals surface area contributed by atoms with Gasteiger partial charge in [0.2, 0.25) is 0 Å². The Morgan fingerprint density at radius 1 is 1.25 bits per heavy atom. The van der Waals surface area contributed by atoms with Gasteiger partial charge in [-0.3, -0.25) is 0 Å². The molecule has 0 radical (unpaired) electrons. The number of aryl methyl sites for hydroxylation is 1. The predicted octanol–water partition coefficient (Wildman–Crippen LogP) is 3.76. The molecule has 0 fully saturated rings. The van der Waals surface area contributed by atoms with Crippen molar-refractivity contribution >= 4 is 11.8 Å². The number of hydrogen-bond donors (Lipinski definition) is 2. The van der Waals surface area contributed by atoms with E-state index in [2.05, 4.69) is 50.4 Å². The summed E-state index contributed by atoms with van der Waals surface area (Å²) in [5.41, 5.74) is 2.74. The lowest BCUT2D eigenvalue weighted by atomic mass is 9.96. The van der Waals surface area contributed by atoms with Gasteiger partial charge in [0, 0.05) is 11.3 Å². The first-order valence-electron chi connectivity index (χ1n) is 7.59. The molecule has 0 amide bonds. The van der Waals surface area contributed by atoms with E-state index < -0.39 is 0 Å². The average Bonchev–Trinajstić information content (AvgIpc) is 2.45. The summed E-state index contributed by atoms with van der Waals surface area (Å²) in [5.74, 6) is 2.30. The monoisotopic (exact) mass is 295 g/mol. The normalized spacial score (nSPS) is 14.2. The summed E-state index contributed by atoms with van der Waals surface area (Å²) in [6.07, 6.45) is 3.44. The van der Waals surface area contributed by atoms with Crippen LogP contribution in [0.2, 0.25) is 0 Å². The van der Waals surface area contributed by atoms with Crippen LogP contribution in [0, 0.1) is 6.92 Å². The minimum absolute atomic E-state index is 0.102. The molecule has 3 heteroatoms. The highest BCUT2D eigenvalue weighted by Gasteiger charge is 2.20. The van der Waals surface area contributed by atoms with Crippen molar-refractivity contribution in [3.63, 3.8) is 0 Å². The maximum atomic E-state index is 9.43. The number of nitrogens with one attached hydrogen (secondary N) is 1. The Kier molecular flexibility index (Phi) is 8.27. The Hall–Kier alpha value is -0.510. The van der Waals surface area contributed by atoms with Gasteiger partial charge in [-0.05, 0) is 50.1 Å². The van der Waals surface area contributed by atoms with Crippen LogP contribution < -0.4 is 5.32 Å². The van der Waals surface area contributed by atoms with Crippen LogP contribution in [-0.4, -0.2) is 29.5 Å². The number of aliphatic hydroxyl groups is 1. The van der Waals surface area contributed by atoms with Gasteiger partial charge in [0.25, 0.3) is 0 Å². The molecule has 1 aromatic carbocycles. The van der Waals surface area contributed by atoms with Crippen LogP contribution >= 0.6 is 11.8 Å². The van der Waals surface area contributed by atoms with Crippen molar-refractivity contribution < 1.29 is 5.11 Å². The molecule has 2 N–H and O–H groups in total. The standard InChI is InChI=1S/C17H29NOS/c1-4-18-17(3,14-19)11-7-8-12-20-13-16-10-6-5-9-15(16)2/h5-6,9-10,18-19H,4,7-8,11-14H2,1-3H3. The first-order chi connectivity index (χ1) is 9.61. The molecule has 20 heavy (non-hydrogen) atoms. The molecule has 0 bridgehead atoms. The molecule has 1 aromatic rings. The maximum Gasteiger partial charge on any atom is 0.0610 e. The Balaban J connectivity index is 2.15. The predicted molar refractivity (Wildman–Crippen MR) is 90.4 cm³/mol. The van der Waals surface area contributed by atoms with Crippen molar-refractivity contribution in [1.82, 2.24) is 5.32 Å². The Bertz CT molecular complexity index is 383. The lowest BCUT2D eigenvalue weighted by molar-refractivity contribution is 0.165. The molecule has 0 aliphatic rings. The van der Waals surface area contributed by atoms with E-state index in [1.165, 1.54) is 29.7 Å². The summed E-state index contributed by atoms with van der Waals surface area (Å²) in [4.78, 5) is 0. The van der Waals surface area contributed by atoms with Crippen molar-refractivity contribution in [2.24, 2.45) is 0 Å². The highest BCUT2D eigenvalue weighted by Crippen LogP contribution is 2.19. The molecule has 0 aliphatic heterocycles. The topological polar surface area (TPSA) is 32.3 Å². The van der Waals surface area contributed by atoms with Gasteiger partial charge in [0.1, 0.15) is 0 Å². The van der Waals surface area contributed by atoms with Gasteiger partial charge >= 0.3 is 0 Å². The van der Waals surface area contributed by atoms with Gasteiger partial charge in [-0.15, -0.1) is 0 Å². The van der Waals surface area contributed by atoms with Crippen molar-refractivity contribution in [2.75, 3.05) is 18.9 Å². The molecule has 1 rings (SSSR count). The third-order valence-corrected chi connectivity index (χ3v) is 4.83. The van der Waals surface area contributed by atoms with Gasteiger partial charge in [-0.2, -0.15) is 11.8 Å². The second-order valence-electron chi connectivity index (χ2n) is 5.69. The summed E-state index contributed by atoms with van der Waals surface area (Å²) in [5, 5.41) is 12.8. The number of aliphatic hydroxyl groups excluding tert-OH is 1. The Labute approximate surface area is 128 Å². The molecule has 0 spiro atoms. The molecule has 2 nitrogen and oxygen atoms in total. The average molecular weight is 295 g/mol. The van der Waals surface area contributed by atoms with Crippen LogP contribution in [0.5, 0.6) is 0 Å². The smallest absolute Gasteiger partial charge is 0.0610 e. The van der Waals surface area contributed by atoms with E-state index in [-0.39, 0.29) is 12.1 Å². The molecular formula is C17H29NOS. The summed E-state index contributed by atoms with van der Waals surface area (Å²) < 4.78 is 0. The number of thioether (sulfide) groups is 1. The summed E-state index contributed by atoms with van der Waals surface area (Å²) in [7, 11) is 0. The summed E-state index contributed by atoms with van der Waals surface area (Å²) >= 11 is 2.01. The van der Waals surface area contributed by atoms with E-state index in [0.717, 1.165) is 18.7 Å². The Morgan fingerprint density at radius 2 is 2.00 bits per heavy atom. The van der Waals surface area contributed by atoms with Crippen LogP contribution in [0.15, 0.2) is 24.3 Å². The zero-order chi connectivity index (χ0) is 14.8. The molecule has 1 atom stereocenters. The van der Waals surface area contributed by atoms with E-state index in [9.17, 15) is 5.11 Å². The van der Waals surface area contributed by atoms with Crippen LogP contribution in [0.1, 0.15) is 44.2 Å². The largest absolute Gasteiger partial charge is 0.394 e. The minimum atomic E-state index is -0.102. The molecule has 1 unspecified atom stereocenters. The molecule has 0 saturated heterocycles. The summed E-state index contributed by atoms with van der Waals surface area (Å²) in [6.45, 7) is 7.51. The van der Waals surface area contributed by atoms with Crippen LogP contribution in [0.25, 0.3) is 0 Å². The molecule has 0 aromatic heterocycles. The van der Waals surface area contributed by atoms with E-state index in [4.69, 9.17) is 0 Å². The van der Waals surface area contributed by atoms with E-state index in [1.807, 2.05) is 11.8 Å². The molecular weight excluding hydrogens is 266 g/mol. The second kappa shape index (κ2) is 9.43.